The topological polar surface area (TPSA) is 42.3 Å². The van der Waals surface area contributed by atoms with E-state index in [2.05, 4.69) is 32.5 Å². The third-order valence-electron chi connectivity index (χ3n) is 4.86. The highest BCUT2D eigenvalue weighted by atomic mass is 35.5. The van der Waals surface area contributed by atoms with Gasteiger partial charge in [-0.15, -0.1) is 11.3 Å². The summed E-state index contributed by atoms with van der Waals surface area (Å²) in [6.07, 6.45) is 0. The molecule has 2 aliphatic heterocycles. The fourth-order valence-electron chi connectivity index (χ4n) is 3.46. The van der Waals surface area contributed by atoms with Crippen molar-refractivity contribution in [2.75, 3.05) is 51.3 Å². The number of fused-ring (bicyclic) bond motifs is 2. The van der Waals surface area contributed by atoms with Gasteiger partial charge in [0.2, 0.25) is 0 Å². The van der Waals surface area contributed by atoms with Crippen LogP contribution in [0.25, 0.3) is 0 Å². The van der Waals surface area contributed by atoms with Crippen molar-refractivity contribution in [1.29, 1.82) is 0 Å². The zero-order chi connectivity index (χ0) is 17.4. The van der Waals surface area contributed by atoms with E-state index in [-0.39, 0.29) is 6.61 Å². The van der Waals surface area contributed by atoms with Crippen LogP contribution in [-0.4, -0.2) is 67.1 Å². The molecule has 0 aliphatic carbocycles. The molecular formula is C18H21ClN4OS. The quantitative estimate of drug-likeness (QED) is 0.874. The molecule has 0 unspecified atom stereocenters. The van der Waals surface area contributed by atoms with Crippen LogP contribution < -0.4 is 4.90 Å². The van der Waals surface area contributed by atoms with Crippen molar-refractivity contribution < 1.29 is 5.11 Å². The molecule has 5 nitrogen and oxygen atoms in total. The van der Waals surface area contributed by atoms with Crippen molar-refractivity contribution in [3.05, 3.63) is 39.5 Å². The molecule has 0 atom stereocenters. The molecule has 25 heavy (non-hydrogen) atoms. The number of anilines is 2. The largest absolute Gasteiger partial charge is 0.395 e. The van der Waals surface area contributed by atoms with Crippen molar-refractivity contribution in [2.45, 2.75) is 0 Å². The van der Waals surface area contributed by atoms with E-state index in [0.29, 0.717) is 5.02 Å². The van der Waals surface area contributed by atoms with E-state index >= 15 is 0 Å². The minimum absolute atomic E-state index is 0.215. The number of piperazine rings is 1. The first-order chi connectivity index (χ1) is 12.2. The van der Waals surface area contributed by atoms with Crippen LogP contribution in [0.1, 0.15) is 5.56 Å². The summed E-state index contributed by atoms with van der Waals surface area (Å²) in [6.45, 7) is 4.66. The van der Waals surface area contributed by atoms with Crippen molar-refractivity contribution in [2.24, 2.45) is 4.99 Å². The van der Waals surface area contributed by atoms with Gasteiger partial charge in [-0.25, -0.2) is 4.99 Å². The molecule has 1 aromatic carbocycles. The Morgan fingerprint density at radius 3 is 2.72 bits per heavy atom. The standard InChI is InChI=1S/C18H21ClN4OS/c1-21-16-3-2-13(19)10-15(16)20-18(14-11-25-12-17(14)21)23-6-4-22(5-7-23)8-9-24/h2-3,10-12,24H,4-9H2,1H3. The lowest BCUT2D eigenvalue weighted by atomic mass is 10.2. The molecule has 0 radical (unpaired) electrons. The summed E-state index contributed by atoms with van der Waals surface area (Å²) < 4.78 is 0. The monoisotopic (exact) mass is 376 g/mol. The third-order valence-corrected chi connectivity index (χ3v) is 5.82. The SMILES string of the molecule is CN1c2ccc(Cl)cc2N=C(N2CCN(CCO)CC2)c2cscc21. The van der Waals surface area contributed by atoms with Crippen LogP contribution in [0, 0.1) is 0 Å². The molecule has 4 rings (SSSR count). The summed E-state index contributed by atoms with van der Waals surface area (Å²) in [5.74, 6) is 1.02. The van der Waals surface area contributed by atoms with Crippen LogP contribution in [0.3, 0.4) is 0 Å². The molecule has 2 aromatic rings. The fraction of sp³-hybridized carbons (Fsp3) is 0.389. The van der Waals surface area contributed by atoms with E-state index in [1.165, 1.54) is 11.3 Å². The van der Waals surface area contributed by atoms with Crippen LogP contribution in [0.2, 0.25) is 5.02 Å². The van der Waals surface area contributed by atoms with Gasteiger partial charge < -0.3 is 14.9 Å². The van der Waals surface area contributed by atoms with Crippen molar-refractivity contribution in [1.82, 2.24) is 9.80 Å². The first-order valence-corrected chi connectivity index (χ1v) is 9.76. The Morgan fingerprint density at radius 2 is 1.96 bits per heavy atom. The van der Waals surface area contributed by atoms with E-state index in [1.807, 2.05) is 18.2 Å². The minimum Gasteiger partial charge on any atom is -0.395 e. The predicted octanol–water partition coefficient (Wildman–Crippen LogP) is 3.17. The molecular weight excluding hydrogens is 356 g/mol. The normalized spacial score (nSPS) is 17.8. The number of nitrogens with zero attached hydrogens (tertiary/aromatic N) is 4. The number of β-amino-alcohol motifs (C(OH)–C–C–N with tert-alkyl or cyclic N) is 1. The molecule has 1 N–H and O–H groups in total. The Morgan fingerprint density at radius 1 is 1.16 bits per heavy atom. The number of hydrogen-bond acceptors (Lipinski definition) is 6. The molecule has 1 saturated heterocycles. The van der Waals surface area contributed by atoms with Crippen molar-refractivity contribution in [3.63, 3.8) is 0 Å². The lowest BCUT2D eigenvalue weighted by Gasteiger charge is -2.36. The number of amidine groups is 1. The lowest BCUT2D eigenvalue weighted by molar-refractivity contribution is 0.147. The van der Waals surface area contributed by atoms with Gasteiger partial charge in [0.25, 0.3) is 0 Å². The maximum absolute atomic E-state index is 9.14. The number of hydrogen-bond donors (Lipinski definition) is 1. The van der Waals surface area contributed by atoms with Crippen LogP contribution >= 0.6 is 22.9 Å². The maximum Gasteiger partial charge on any atom is 0.139 e. The zero-order valence-electron chi connectivity index (χ0n) is 14.2. The van der Waals surface area contributed by atoms with Gasteiger partial charge in [-0.1, -0.05) is 11.6 Å². The summed E-state index contributed by atoms with van der Waals surface area (Å²) in [7, 11) is 2.08. The number of rotatable bonds is 2. The van der Waals surface area contributed by atoms with Crippen LogP contribution in [0.15, 0.2) is 34.0 Å². The van der Waals surface area contributed by atoms with Gasteiger partial charge in [0.1, 0.15) is 5.84 Å². The van der Waals surface area contributed by atoms with Gasteiger partial charge in [-0.3, -0.25) is 4.90 Å². The van der Waals surface area contributed by atoms with Crippen molar-refractivity contribution >= 4 is 45.8 Å². The first-order valence-electron chi connectivity index (χ1n) is 8.44. The molecule has 3 heterocycles. The molecule has 2 aliphatic rings. The van der Waals surface area contributed by atoms with Crippen LogP contribution in [0.4, 0.5) is 17.1 Å². The average Bonchev–Trinajstić information content (AvgIpc) is 3.06. The number of halogens is 1. The molecule has 0 saturated carbocycles. The summed E-state index contributed by atoms with van der Waals surface area (Å²) in [5.41, 5.74) is 4.33. The van der Waals surface area contributed by atoms with E-state index in [1.54, 1.807) is 11.3 Å². The Balaban J connectivity index is 1.72. The van der Waals surface area contributed by atoms with Gasteiger partial charge >= 0.3 is 0 Å². The van der Waals surface area contributed by atoms with E-state index < -0.39 is 0 Å². The smallest absolute Gasteiger partial charge is 0.139 e. The highest BCUT2D eigenvalue weighted by Crippen LogP contribution is 2.41. The molecule has 7 heteroatoms. The Kier molecular flexibility index (Phi) is 4.69. The lowest BCUT2D eigenvalue weighted by Crippen LogP contribution is -2.49. The fourth-order valence-corrected chi connectivity index (χ4v) is 4.47. The highest BCUT2D eigenvalue weighted by Gasteiger charge is 2.27. The molecule has 0 amide bonds. The van der Waals surface area contributed by atoms with Crippen LogP contribution in [-0.2, 0) is 0 Å². The van der Waals surface area contributed by atoms with E-state index in [0.717, 1.165) is 49.9 Å². The van der Waals surface area contributed by atoms with Crippen LogP contribution in [0.5, 0.6) is 0 Å². The average molecular weight is 377 g/mol. The van der Waals surface area contributed by atoms with Gasteiger partial charge in [0, 0.05) is 55.6 Å². The molecule has 0 bridgehead atoms. The summed E-state index contributed by atoms with van der Waals surface area (Å²) >= 11 is 7.92. The Labute approximate surface area is 156 Å². The number of aliphatic hydroxyl groups excluding tert-OH is 1. The summed E-state index contributed by atoms with van der Waals surface area (Å²) in [6, 6.07) is 5.88. The second kappa shape index (κ2) is 6.96. The predicted molar refractivity (Wildman–Crippen MR) is 105 cm³/mol. The highest BCUT2D eigenvalue weighted by molar-refractivity contribution is 7.08. The van der Waals surface area contributed by atoms with Crippen molar-refractivity contribution in [3.8, 4) is 0 Å². The van der Waals surface area contributed by atoms with Gasteiger partial charge in [-0.05, 0) is 18.2 Å². The number of benzene rings is 1. The van der Waals surface area contributed by atoms with Gasteiger partial charge in [-0.2, -0.15) is 0 Å². The van der Waals surface area contributed by atoms with Gasteiger partial charge in [0.15, 0.2) is 0 Å². The summed E-state index contributed by atoms with van der Waals surface area (Å²) in [4.78, 5) is 11.8. The van der Waals surface area contributed by atoms with Gasteiger partial charge in [0.05, 0.1) is 29.2 Å². The maximum atomic E-state index is 9.14. The van der Waals surface area contributed by atoms with E-state index in [4.69, 9.17) is 21.7 Å². The first kappa shape index (κ1) is 16.8. The molecule has 0 spiro atoms. The molecule has 1 aromatic heterocycles. The zero-order valence-corrected chi connectivity index (χ0v) is 15.7. The molecule has 1 fully saturated rings. The number of aliphatic imine (C=N–C) groups is 1. The van der Waals surface area contributed by atoms with E-state index in [9.17, 15) is 0 Å². The number of aliphatic hydroxyl groups is 1. The molecule has 132 valence electrons. The number of thiophene rings is 1. The summed E-state index contributed by atoms with van der Waals surface area (Å²) in [5, 5.41) is 14.2. The third kappa shape index (κ3) is 3.15. The Bertz CT molecular complexity index is 798. The Hall–Kier alpha value is -1.60. The second-order valence-electron chi connectivity index (χ2n) is 6.35. The second-order valence-corrected chi connectivity index (χ2v) is 7.53. The minimum atomic E-state index is 0.215.